The van der Waals surface area contributed by atoms with Gasteiger partial charge < -0.3 is 5.32 Å². The minimum Gasteiger partial charge on any atom is -0.357 e. The van der Waals surface area contributed by atoms with Gasteiger partial charge >= 0.3 is 0 Å². The Hall–Kier alpha value is -0.940. The van der Waals surface area contributed by atoms with Gasteiger partial charge in [0.15, 0.2) is 5.13 Å². The smallest absolute Gasteiger partial charge is 0.184 e. The first-order valence-electron chi connectivity index (χ1n) is 4.33. The van der Waals surface area contributed by atoms with Crippen LogP contribution in [0.4, 0.5) is 9.52 Å². The molecule has 0 aliphatic rings. The molecule has 0 saturated heterocycles. The second-order valence-corrected chi connectivity index (χ2v) is 4.63. The minimum atomic E-state index is -0.212. The van der Waals surface area contributed by atoms with Crippen LogP contribution in [0.3, 0.4) is 0 Å². The third-order valence-electron chi connectivity index (χ3n) is 1.83. The van der Waals surface area contributed by atoms with E-state index in [1.165, 1.54) is 23.5 Å². The fraction of sp³-hybridized carbons (Fsp3) is 0.100. The number of nitrogens with one attached hydrogen (secondary N) is 1. The Morgan fingerprint density at radius 2 is 2.07 bits per heavy atom. The van der Waals surface area contributed by atoms with E-state index >= 15 is 0 Å². The number of hydrogen-bond acceptors (Lipinski definition) is 3. The van der Waals surface area contributed by atoms with Gasteiger partial charge in [0.05, 0.1) is 0 Å². The zero-order chi connectivity index (χ0) is 10.7. The lowest BCUT2D eigenvalue weighted by molar-refractivity contribution is 0.627. The van der Waals surface area contributed by atoms with Crippen LogP contribution in [0.1, 0.15) is 5.56 Å². The van der Waals surface area contributed by atoms with E-state index in [4.69, 9.17) is 0 Å². The van der Waals surface area contributed by atoms with Crippen molar-refractivity contribution in [2.45, 2.75) is 6.54 Å². The molecule has 15 heavy (non-hydrogen) atoms. The van der Waals surface area contributed by atoms with Crippen LogP contribution in [-0.2, 0) is 6.54 Å². The van der Waals surface area contributed by atoms with Gasteiger partial charge in [-0.2, -0.15) is 0 Å². The predicted octanol–water partition coefficient (Wildman–Crippen LogP) is 3.66. The molecule has 0 spiro atoms. The van der Waals surface area contributed by atoms with Crippen molar-refractivity contribution in [2.75, 3.05) is 5.32 Å². The Morgan fingerprint density at radius 3 is 2.67 bits per heavy atom. The van der Waals surface area contributed by atoms with Gasteiger partial charge in [-0.25, -0.2) is 9.37 Å². The highest BCUT2D eigenvalue weighted by molar-refractivity contribution is 9.10. The van der Waals surface area contributed by atoms with Crippen LogP contribution in [0.25, 0.3) is 0 Å². The number of rotatable bonds is 3. The molecule has 0 unspecified atom stereocenters. The highest BCUT2D eigenvalue weighted by atomic mass is 79.9. The van der Waals surface area contributed by atoms with E-state index in [0.717, 1.165) is 15.3 Å². The van der Waals surface area contributed by atoms with Crippen molar-refractivity contribution >= 4 is 32.4 Å². The third kappa shape index (κ3) is 3.00. The summed E-state index contributed by atoms with van der Waals surface area (Å²) in [5, 5.41) is 5.92. The maximum absolute atomic E-state index is 12.6. The number of thiazole rings is 1. The Bertz CT molecular complexity index is 441. The number of benzene rings is 1. The average Bonchev–Trinajstić information content (AvgIpc) is 2.64. The SMILES string of the molecule is Fc1ccc(CNc2nc(Br)cs2)cc1. The minimum absolute atomic E-state index is 0.212. The summed E-state index contributed by atoms with van der Waals surface area (Å²) in [7, 11) is 0. The van der Waals surface area contributed by atoms with Gasteiger partial charge in [0.25, 0.3) is 0 Å². The molecule has 78 valence electrons. The van der Waals surface area contributed by atoms with Crippen LogP contribution in [0.5, 0.6) is 0 Å². The van der Waals surface area contributed by atoms with Crippen molar-refractivity contribution in [1.82, 2.24) is 4.98 Å². The van der Waals surface area contributed by atoms with Crippen LogP contribution >= 0.6 is 27.3 Å². The first kappa shape index (κ1) is 10.6. The molecule has 1 heterocycles. The first-order chi connectivity index (χ1) is 7.24. The van der Waals surface area contributed by atoms with Gasteiger partial charge in [0.1, 0.15) is 10.4 Å². The Balaban J connectivity index is 1.96. The molecular formula is C10H8BrFN2S. The van der Waals surface area contributed by atoms with Crippen LogP contribution < -0.4 is 5.32 Å². The summed E-state index contributed by atoms with van der Waals surface area (Å²) < 4.78 is 13.4. The molecule has 0 radical (unpaired) electrons. The Kier molecular flexibility index (Phi) is 3.33. The largest absolute Gasteiger partial charge is 0.357 e. The van der Waals surface area contributed by atoms with E-state index in [1.54, 1.807) is 12.1 Å². The van der Waals surface area contributed by atoms with E-state index in [2.05, 4.69) is 26.2 Å². The maximum Gasteiger partial charge on any atom is 0.184 e. The monoisotopic (exact) mass is 286 g/mol. The van der Waals surface area contributed by atoms with Crippen LogP contribution in [0, 0.1) is 5.82 Å². The zero-order valence-corrected chi connectivity index (χ0v) is 10.1. The first-order valence-corrected chi connectivity index (χ1v) is 6.00. The standard InChI is InChI=1S/C10H8BrFN2S/c11-9-6-15-10(14-9)13-5-7-1-3-8(12)4-2-7/h1-4,6H,5H2,(H,13,14). The third-order valence-corrected chi connectivity index (χ3v) is 3.34. The van der Waals surface area contributed by atoms with Crippen molar-refractivity contribution < 1.29 is 4.39 Å². The van der Waals surface area contributed by atoms with E-state index in [9.17, 15) is 4.39 Å². The topological polar surface area (TPSA) is 24.9 Å². The number of nitrogens with zero attached hydrogens (tertiary/aromatic N) is 1. The van der Waals surface area contributed by atoms with Gasteiger partial charge in [-0.1, -0.05) is 12.1 Å². The van der Waals surface area contributed by atoms with Crippen LogP contribution in [0.15, 0.2) is 34.2 Å². The van der Waals surface area contributed by atoms with Crippen LogP contribution in [-0.4, -0.2) is 4.98 Å². The molecule has 1 N–H and O–H groups in total. The molecule has 0 bridgehead atoms. The normalized spacial score (nSPS) is 10.3. The lowest BCUT2D eigenvalue weighted by atomic mass is 10.2. The molecule has 2 nitrogen and oxygen atoms in total. The summed E-state index contributed by atoms with van der Waals surface area (Å²) in [5.74, 6) is -0.212. The maximum atomic E-state index is 12.6. The van der Waals surface area contributed by atoms with Crippen LogP contribution in [0.2, 0.25) is 0 Å². The Labute approximate surface area is 99.3 Å². The second kappa shape index (κ2) is 4.72. The van der Waals surface area contributed by atoms with Gasteiger partial charge in [-0.15, -0.1) is 11.3 Å². The highest BCUT2D eigenvalue weighted by Crippen LogP contribution is 2.19. The summed E-state index contributed by atoms with van der Waals surface area (Å²) in [6, 6.07) is 6.42. The zero-order valence-electron chi connectivity index (χ0n) is 7.71. The van der Waals surface area contributed by atoms with E-state index in [0.29, 0.717) is 6.54 Å². The molecular weight excluding hydrogens is 279 g/mol. The summed E-state index contributed by atoms with van der Waals surface area (Å²) in [4.78, 5) is 4.19. The van der Waals surface area contributed by atoms with E-state index in [-0.39, 0.29) is 5.82 Å². The van der Waals surface area contributed by atoms with Crippen molar-refractivity contribution in [3.8, 4) is 0 Å². The number of hydrogen-bond donors (Lipinski definition) is 1. The molecule has 0 aliphatic heterocycles. The van der Waals surface area contributed by atoms with Crippen molar-refractivity contribution in [2.24, 2.45) is 0 Å². The van der Waals surface area contributed by atoms with Crippen molar-refractivity contribution in [3.05, 3.63) is 45.6 Å². The molecule has 1 aromatic carbocycles. The molecule has 5 heteroatoms. The summed E-state index contributed by atoms with van der Waals surface area (Å²) in [6.07, 6.45) is 0. The van der Waals surface area contributed by atoms with Gasteiger partial charge in [-0.05, 0) is 33.6 Å². The van der Waals surface area contributed by atoms with Gasteiger partial charge in [0.2, 0.25) is 0 Å². The van der Waals surface area contributed by atoms with Gasteiger partial charge in [0, 0.05) is 11.9 Å². The lowest BCUT2D eigenvalue weighted by Crippen LogP contribution is -1.98. The summed E-state index contributed by atoms with van der Waals surface area (Å²) in [6.45, 7) is 0.653. The fourth-order valence-corrected chi connectivity index (χ4v) is 2.26. The summed E-state index contributed by atoms with van der Waals surface area (Å²) in [5.41, 5.74) is 1.03. The predicted molar refractivity (Wildman–Crippen MR) is 63.5 cm³/mol. The number of aromatic nitrogens is 1. The molecule has 2 rings (SSSR count). The average molecular weight is 287 g/mol. The molecule has 0 atom stereocenters. The van der Waals surface area contributed by atoms with Gasteiger partial charge in [-0.3, -0.25) is 0 Å². The fourth-order valence-electron chi connectivity index (χ4n) is 1.12. The molecule has 0 aliphatic carbocycles. The molecule has 0 fully saturated rings. The van der Waals surface area contributed by atoms with E-state index < -0.39 is 0 Å². The van der Waals surface area contributed by atoms with Crippen molar-refractivity contribution in [1.29, 1.82) is 0 Å². The molecule has 0 amide bonds. The summed E-state index contributed by atoms with van der Waals surface area (Å²) >= 11 is 4.81. The highest BCUT2D eigenvalue weighted by Gasteiger charge is 1.98. The quantitative estimate of drug-likeness (QED) is 0.932. The molecule has 2 aromatic rings. The van der Waals surface area contributed by atoms with Crippen molar-refractivity contribution in [3.63, 3.8) is 0 Å². The number of anilines is 1. The molecule has 1 aromatic heterocycles. The van der Waals surface area contributed by atoms with E-state index in [1.807, 2.05) is 5.38 Å². The lowest BCUT2D eigenvalue weighted by Gasteiger charge is -2.02. The second-order valence-electron chi connectivity index (χ2n) is 2.96. The Morgan fingerprint density at radius 1 is 1.33 bits per heavy atom. The molecule has 0 saturated carbocycles. The number of halogens is 2.